The Kier molecular flexibility index (Phi) is 4.64. The van der Waals surface area contributed by atoms with Crippen LogP contribution in [0, 0.1) is 13.8 Å². The molecule has 5 heteroatoms. The van der Waals surface area contributed by atoms with Crippen LogP contribution in [0.15, 0.2) is 46.9 Å². The van der Waals surface area contributed by atoms with Crippen molar-refractivity contribution in [2.24, 2.45) is 0 Å². The van der Waals surface area contributed by atoms with E-state index in [9.17, 15) is 4.79 Å². The number of amides is 1. The van der Waals surface area contributed by atoms with Crippen LogP contribution in [0.1, 0.15) is 47.8 Å². The van der Waals surface area contributed by atoms with E-state index in [4.69, 9.17) is 4.42 Å². The van der Waals surface area contributed by atoms with Gasteiger partial charge in [-0.25, -0.2) is 0 Å². The first-order valence-electron chi connectivity index (χ1n) is 8.57. The van der Waals surface area contributed by atoms with Crippen LogP contribution in [0.2, 0.25) is 0 Å². The summed E-state index contributed by atoms with van der Waals surface area (Å²) in [6.07, 6.45) is 0. The number of nitrogens with zero attached hydrogens (tertiary/aromatic N) is 2. The number of hydrogen-bond donors (Lipinski definition) is 1. The fourth-order valence-electron chi connectivity index (χ4n) is 2.73. The summed E-state index contributed by atoms with van der Waals surface area (Å²) < 4.78 is 5.61. The predicted molar refractivity (Wildman–Crippen MR) is 102 cm³/mol. The molecule has 1 amide bonds. The van der Waals surface area contributed by atoms with Gasteiger partial charge in [0.05, 0.1) is 0 Å². The number of aromatic nitrogens is 2. The van der Waals surface area contributed by atoms with Gasteiger partial charge < -0.3 is 4.42 Å². The molecule has 0 unspecified atom stereocenters. The van der Waals surface area contributed by atoms with Gasteiger partial charge in [-0.1, -0.05) is 55.7 Å². The second-order valence-corrected chi connectivity index (χ2v) is 7.51. The van der Waals surface area contributed by atoms with Crippen molar-refractivity contribution in [2.75, 3.05) is 5.32 Å². The molecular formula is C21H23N3O2. The lowest BCUT2D eigenvalue weighted by atomic mass is 9.87. The van der Waals surface area contributed by atoms with Crippen molar-refractivity contribution in [3.63, 3.8) is 0 Å². The SMILES string of the molecule is Cc1ccc(-c2nnc(NC(=O)c3ccc(C(C)(C)C)cc3)o2)c(C)c1. The fourth-order valence-corrected chi connectivity index (χ4v) is 2.73. The summed E-state index contributed by atoms with van der Waals surface area (Å²) in [4.78, 5) is 12.4. The first-order chi connectivity index (χ1) is 12.2. The summed E-state index contributed by atoms with van der Waals surface area (Å²) in [6.45, 7) is 10.4. The van der Waals surface area contributed by atoms with E-state index in [1.807, 2.05) is 38.1 Å². The molecule has 0 atom stereocenters. The lowest BCUT2D eigenvalue weighted by molar-refractivity contribution is 0.102. The van der Waals surface area contributed by atoms with Crippen LogP contribution in [0.5, 0.6) is 0 Å². The minimum absolute atomic E-state index is 0.0439. The average molecular weight is 349 g/mol. The van der Waals surface area contributed by atoms with Gasteiger partial charge in [-0.3, -0.25) is 10.1 Å². The van der Waals surface area contributed by atoms with Crippen LogP contribution >= 0.6 is 0 Å². The zero-order valence-corrected chi connectivity index (χ0v) is 15.8. The summed E-state index contributed by atoms with van der Waals surface area (Å²) in [5, 5.41) is 10.6. The average Bonchev–Trinajstić information content (AvgIpc) is 3.02. The maximum Gasteiger partial charge on any atom is 0.322 e. The highest BCUT2D eigenvalue weighted by Gasteiger charge is 2.16. The molecule has 134 valence electrons. The standard InChI is InChI=1S/C21H23N3O2/c1-13-6-11-17(14(2)12-13)19-23-24-20(26-19)22-18(25)15-7-9-16(10-8-15)21(3,4)5/h6-12H,1-5H3,(H,22,24,25). The monoisotopic (exact) mass is 349 g/mol. The molecule has 5 nitrogen and oxygen atoms in total. The van der Waals surface area contributed by atoms with Gasteiger partial charge in [0, 0.05) is 11.1 Å². The molecule has 0 fully saturated rings. The van der Waals surface area contributed by atoms with Crippen molar-refractivity contribution < 1.29 is 9.21 Å². The molecule has 0 saturated heterocycles. The second-order valence-electron chi connectivity index (χ2n) is 7.51. The number of anilines is 1. The Balaban J connectivity index is 1.75. The van der Waals surface area contributed by atoms with Crippen LogP contribution in [-0.2, 0) is 5.41 Å². The van der Waals surface area contributed by atoms with Crippen LogP contribution in [-0.4, -0.2) is 16.1 Å². The molecule has 0 radical (unpaired) electrons. The molecule has 3 rings (SSSR count). The summed E-state index contributed by atoms with van der Waals surface area (Å²) >= 11 is 0. The zero-order valence-electron chi connectivity index (χ0n) is 15.8. The summed E-state index contributed by atoms with van der Waals surface area (Å²) in [7, 11) is 0. The normalized spacial score (nSPS) is 11.4. The molecular weight excluding hydrogens is 326 g/mol. The fraction of sp³-hybridized carbons (Fsp3) is 0.286. The molecule has 1 aromatic heterocycles. The third-order valence-corrected chi connectivity index (χ3v) is 4.27. The molecule has 0 aliphatic heterocycles. The summed E-state index contributed by atoms with van der Waals surface area (Å²) in [5.41, 5.74) is 4.83. The van der Waals surface area contributed by atoms with Gasteiger partial charge in [0.15, 0.2) is 0 Å². The van der Waals surface area contributed by atoms with E-state index >= 15 is 0 Å². The Morgan fingerprint density at radius 3 is 2.31 bits per heavy atom. The van der Waals surface area contributed by atoms with Crippen molar-refractivity contribution in [3.05, 3.63) is 64.7 Å². The lowest BCUT2D eigenvalue weighted by Crippen LogP contribution is -2.14. The highest BCUT2D eigenvalue weighted by Crippen LogP contribution is 2.25. The molecule has 2 aromatic carbocycles. The molecule has 0 saturated carbocycles. The van der Waals surface area contributed by atoms with Crippen LogP contribution in [0.4, 0.5) is 6.01 Å². The maximum atomic E-state index is 12.4. The Bertz CT molecular complexity index is 935. The minimum atomic E-state index is -0.277. The first kappa shape index (κ1) is 17.9. The quantitative estimate of drug-likeness (QED) is 0.730. The second kappa shape index (κ2) is 6.75. The Morgan fingerprint density at radius 1 is 1.00 bits per heavy atom. The van der Waals surface area contributed by atoms with Crippen molar-refractivity contribution in [2.45, 2.75) is 40.0 Å². The van der Waals surface area contributed by atoms with Crippen molar-refractivity contribution in [3.8, 4) is 11.5 Å². The molecule has 0 bridgehead atoms. The largest absolute Gasteiger partial charge is 0.403 e. The molecule has 1 N–H and O–H groups in total. The van der Waals surface area contributed by atoms with Crippen molar-refractivity contribution in [1.82, 2.24) is 10.2 Å². The van der Waals surface area contributed by atoms with Crippen molar-refractivity contribution in [1.29, 1.82) is 0 Å². The number of carbonyl (C=O) groups is 1. The highest BCUT2D eigenvalue weighted by atomic mass is 16.4. The van der Waals surface area contributed by atoms with Crippen LogP contribution in [0.25, 0.3) is 11.5 Å². The van der Waals surface area contributed by atoms with Gasteiger partial charge >= 0.3 is 6.01 Å². The van der Waals surface area contributed by atoms with Crippen LogP contribution < -0.4 is 5.32 Å². The van der Waals surface area contributed by atoms with Gasteiger partial charge in [-0.2, -0.15) is 0 Å². The number of benzene rings is 2. The van der Waals surface area contributed by atoms with E-state index in [0.29, 0.717) is 11.5 Å². The molecule has 26 heavy (non-hydrogen) atoms. The van der Waals surface area contributed by atoms with Gasteiger partial charge in [0.2, 0.25) is 5.89 Å². The number of hydrogen-bond acceptors (Lipinski definition) is 4. The number of carbonyl (C=O) groups excluding carboxylic acids is 1. The molecule has 1 heterocycles. The molecule has 3 aromatic rings. The summed E-state index contributed by atoms with van der Waals surface area (Å²) in [6, 6.07) is 13.6. The number of nitrogens with one attached hydrogen (secondary N) is 1. The van der Waals surface area contributed by atoms with E-state index in [-0.39, 0.29) is 17.3 Å². The van der Waals surface area contributed by atoms with E-state index in [1.165, 1.54) is 5.56 Å². The van der Waals surface area contributed by atoms with Crippen LogP contribution in [0.3, 0.4) is 0 Å². The van der Waals surface area contributed by atoms with E-state index in [1.54, 1.807) is 12.1 Å². The van der Waals surface area contributed by atoms with Gasteiger partial charge in [-0.15, -0.1) is 5.10 Å². The zero-order chi connectivity index (χ0) is 18.9. The lowest BCUT2D eigenvalue weighted by Gasteiger charge is -2.18. The molecule has 0 aliphatic carbocycles. The summed E-state index contributed by atoms with van der Waals surface area (Å²) in [5.74, 6) is 0.113. The van der Waals surface area contributed by atoms with Gasteiger partial charge in [0.25, 0.3) is 5.91 Å². The first-order valence-corrected chi connectivity index (χ1v) is 8.57. The Labute approximate surface area is 153 Å². The van der Waals surface area contributed by atoms with Crippen molar-refractivity contribution >= 4 is 11.9 Å². The predicted octanol–water partition coefficient (Wildman–Crippen LogP) is 4.90. The topological polar surface area (TPSA) is 68.0 Å². The Hall–Kier alpha value is -2.95. The third-order valence-electron chi connectivity index (χ3n) is 4.27. The minimum Gasteiger partial charge on any atom is -0.403 e. The van der Waals surface area contributed by atoms with E-state index in [2.05, 4.69) is 42.4 Å². The number of aryl methyl sites for hydroxylation is 2. The maximum absolute atomic E-state index is 12.4. The molecule has 0 spiro atoms. The molecule has 0 aliphatic rings. The Morgan fingerprint density at radius 2 is 1.69 bits per heavy atom. The smallest absolute Gasteiger partial charge is 0.322 e. The van der Waals surface area contributed by atoms with E-state index in [0.717, 1.165) is 16.7 Å². The highest BCUT2D eigenvalue weighted by molar-refractivity contribution is 6.03. The number of rotatable bonds is 3. The van der Waals surface area contributed by atoms with E-state index < -0.39 is 0 Å². The third kappa shape index (κ3) is 3.82. The van der Waals surface area contributed by atoms with Gasteiger partial charge in [0.1, 0.15) is 0 Å². The van der Waals surface area contributed by atoms with Gasteiger partial charge in [-0.05, 0) is 48.6 Å².